The molecule has 1 heterocycles. The van der Waals surface area contributed by atoms with Crippen LogP contribution in [0.25, 0.3) is 0 Å². The number of aromatic nitrogens is 1. The largest absolute Gasteiger partial charge is 0.389 e. The van der Waals surface area contributed by atoms with E-state index in [0.29, 0.717) is 22.5 Å². The monoisotopic (exact) mass is 286 g/mol. The molecule has 0 aliphatic carbocycles. The van der Waals surface area contributed by atoms with Gasteiger partial charge >= 0.3 is 0 Å². The van der Waals surface area contributed by atoms with Gasteiger partial charge in [0.15, 0.2) is 0 Å². The van der Waals surface area contributed by atoms with E-state index in [1.807, 2.05) is 0 Å². The summed E-state index contributed by atoms with van der Waals surface area (Å²) in [6.45, 7) is 5.10. The second-order valence-electron chi connectivity index (χ2n) is 5.06. The topological polar surface area (TPSA) is 82.2 Å². The van der Waals surface area contributed by atoms with Crippen LogP contribution in [-0.4, -0.2) is 16.0 Å². The standard InChI is InChI=1S/C16H18N2O3/c1-9-8-10(2)17-15(20)14(9)16(21)18-13-7-5-4-6-12(13)11(3)19/h4-8,11,19H,1-3H3,(H,17,20)(H,18,21). The van der Waals surface area contributed by atoms with Crippen molar-refractivity contribution in [2.24, 2.45) is 0 Å². The number of nitrogens with one attached hydrogen (secondary N) is 2. The molecule has 0 fully saturated rings. The lowest BCUT2D eigenvalue weighted by atomic mass is 10.1. The van der Waals surface area contributed by atoms with Gasteiger partial charge in [0.25, 0.3) is 11.5 Å². The Labute approximate surface area is 122 Å². The van der Waals surface area contributed by atoms with Gasteiger partial charge in [0.1, 0.15) is 5.56 Å². The highest BCUT2D eigenvalue weighted by atomic mass is 16.3. The SMILES string of the molecule is Cc1cc(C)c(C(=O)Nc2ccccc2C(C)O)c(=O)[nH]1. The van der Waals surface area contributed by atoms with E-state index < -0.39 is 17.6 Å². The number of rotatable bonds is 3. The molecule has 0 aliphatic rings. The number of aliphatic hydroxyl groups is 1. The third kappa shape index (κ3) is 3.20. The third-order valence-corrected chi connectivity index (χ3v) is 3.25. The Morgan fingerprint density at radius 2 is 1.95 bits per heavy atom. The van der Waals surface area contributed by atoms with Gasteiger partial charge in [-0.25, -0.2) is 0 Å². The van der Waals surface area contributed by atoms with Crippen molar-refractivity contribution in [1.82, 2.24) is 4.98 Å². The van der Waals surface area contributed by atoms with Crippen molar-refractivity contribution >= 4 is 11.6 Å². The van der Waals surface area contributed by atoms with Gasteiger partial charge in [-0.15, -0.1) is 0 Å². The van der Waals surface area contributed by atoms with Gasteiger partial charge in [0.05, 0.1) is 6.10 Å². The Morgan fingerprint density at radius 1 is 1.29 bits per heavy atom. The van der Waals surface area contributed by atoms with Crippen molar-refractivity contribution in [1.29, 1.82) is 0 Å². The van der Waals surface area contributed by atoms with Gasteiger partial charge in [0.2, 0.25) is 0 Å². The molecule has 5 nitrogen and oxygen atoms in total. The van der Waals surface area contributed by atoms with Gasteiger partial charge in [0, 0.05) is 16.9 Å². The second-order valence-corrected chi connectivity index (χ2v) is 5.06. The first-order valence-electron chi connectivity index (χ1n) is 6.69. The van der Waals surface area contributed by atoms with Gasteiger partial charge < -0.3 is 15.4 Å². The van der Waals surface area contributed by atoms with Gasteiger partial charge in [-0.2, -0.15) is 0 Å². The normalized spacial score (nSPS) is 12.0. The minimum atomic E-state index is -0.709. The van der Waals surface area contributed by atoms with Crippen molar-refractivity contribution < 1.29 is 9.90 Å². The lowest BCUT2D eigenvalue weighted by molar-refractivity contribution is 0.102. The smallest absolute Gasteiger partial charge is 0.261 e. The molecular weight excluding hydrogens is 268 g/mol. The van der Waals surface area contributed by atoms with E-state index in [1.54, 1.807) is 51.1 Å². The summed E-state index contributed by atoms with van der Waals surface area (Å²) in [5.41, 5.74) is 2.09. The molecule has 0 aliphatic heterocycles. The fourth-order valence-electron chi connectivity index (χ4n) is 2.30. The highest BCUT2D eigenvalue weighted by Gasteiger charge is 2.16. The van der Waals surface area contributed by atoms with Crippen LogP contribution in [0.5, 0.6) is 0 Å². The molecule has 0 radical (unpaired) electrons. The van der Waals surface area contributed by atoms with E-state index in [2.05, 4.69) is 10.3 Å². The Hall–Kier alpha value is -2.40. The molecule has 1 amide bonds. The molecule has 0 saturated heterocycles. The predicted molar refractivity (Wildman–Crippen MR) is 81.6 cm³/mol. The summed E-state index contributed by atoms with van der Waals surface area (Å²) in [6.07, 6.45) is -0.709. The number of carbonyl (C=O) groups excluding carboxylic acids is 1. The highest BCUT2D eigenvalue weighted by Crippen LogP contribution is 2.22. The van der Waals surface area contributed by atoms with E-state index in [1.165, 1.54) is 0 Å². The summed E-state index contributed by atoms with van der Waals surface area (Å²) in [5, 5.41) is 12.4. The summed E-state index contributed by atoms with van der Waals surface area (Å²) in [6, 6.07) is 8.70. The number of hydrogen-bond donors (Lipinski definition) is 3. The number of aryl methyl sites for hydroxylation is 2. The lowest BCUT2D eigenvalue weighted by Gasteiger charge is -2.13. The van der Waals surface area contributed by atoms with Crippen LogP contribution in [0.2, 0.25) is 0 Å². The number of anilines is 1. The second kappa shape index (κ2) is 5.93. The molecule has 5 heteroatoms. The number of amides is 1. The minimum absolute atomic E-state index is 0.0843. The maximum Gasteiger partial charge on any atom is 0.261 e. The van der Waals surface area contributed by atoms with Gasteiger partial charge in [-0.3, -0.25) is 9.59 Å². The number of aromatic amines is 1. The molecular formula is C16H18N2O3. The Bertz CT molecular complexity index is 733. The van der Waals surface area contributed by atoms with Crippen molar-refractivity contribution in [2.75, 3.05) is 5.32 Å². The van der Waals surface area contributed by atoms with Crippen LogP contribution >= 0.6 is 0 Å². The Morgan fingerprint density at radius 3 is 2.57 bits per heavy atom. The van der Waals surface area contributed by atoms with Crippen LogP contribution in [0.4, 0.5) is 5.69 Å². The fraction of sp³-hybridized carbons (Fsp3) is 0.250. The van der Waals surface area contributed by atoms with Crippen LogP contribution < -0.4 is 10.9 Å². The van der Waals surface area contributed by atoms with E-state index in [-0.39, 0.29) is 5.56 Å². The molecule has 3 N–H and O–H groups in total. The summed E-state index contributed by atoms with van der Waals surface area (Å²) < 4.78 is 0. The maximum atomic E-state index is 12.3. The van der Waals surface area contributed by atoms with E-state index >= 15 is 0 Å². The van der Waals surface area contributed by atoms with Crippen molar-refractivity contribution in [3.8, 4) is 0 Å². The number of pyridine rings is 1. The summed E-state index contributed by atoms with van der Waals surface area (Å²) in [7, 11) is 0. The van der Waals surface area contributed by atoms with Crippen LogP contribution in [0, 0.1) is 13.8 Å². The van der Waals surface area contributed by atoms with Crippen LogP contribution in [-0.2, 0) is 0 Å². The molecule has 1 unspecified atom stereocenters. The Balaban J connectivity index is 2.38. The molecule has 1 aromatic carbocycles. The molecule has 1 atom stereocenters. The third-order valence-electron chi connectivity index (χ3n) is 3.25. The molecule has 1 aromatic heterocycles. The van der Waals surface area contributed by atoms with E-state index in [9.17, 15) is 14.7 Å². The van der Waals surface area contributed by atoms with Gasteiger partial charge in [-0.1, -0.05) is 18.2 Å². The Kier molecular flexibility index (Phi) is 4.23. The van der Waals surface area contributed by atoms with Crippen molar-refractivity contribution in [3.05, 3.63) is 63.1 Å². The van der Waals surface area contributed by atoms with E-state index in [4.69, 9.17) is 0 Å². The highest BCUT2D eigenvalue weighted by molar-refractivity contribution is 6.05. The zero-order chi connectivity index (χ0) is 15.6. The summed E-state index contributed by atoms with van der Waals surface area (Å²) in [5.74, 6) is -0.484. The molecule has 0 bridgehead atoms. The molecule has 110 valence electrons. The fourth-order valence-corrected chi connectivity index (χ4v) is 2.30. The van der Waals surface area contributed by atoms with Crippen molar-refractivity contribution in [3.63, 3.8) is 0 Å². The van der Waals surface area contributed by atoms with Crippen LogP contribution in [0.15, 0.2) is 35.1 Å². The average Bonchev–Trinajstić information content (AvgIpc) is 2.37. The molecule has 21 heavy (non-hydrogen) atoms. The zero-order valence-electron chi connectivity index (χ0n) is 12.2. The van der Waals surface area contributed by atoms with Crippen LogP contribution in [0.3, 0.4) is 0 Å². The predicted octanol–water partition coefficient (Wildman–Crippen LogP) is 2.30. The number of para-hydroxylation sites is 1. The number of H-pyrrole nitrogens is 1. The average molecular weight is 286 g/mol. The lowest BCUT2D eigenvalue weighted by Crippen LogP contribution is -2.25. The number of hydrogen-bond acceptors (Lipinski definition) is 3. The summed E-state index contributed by atoms with van der Waals surface area (Å²) >= 11 is 0. The molecule has 2 aromatic rings. The maximum absolute atomic E-state index is 12.3. The van der Waals surface area contributed by atoms with Crippen LogP contribution in [0.1, 0.15) is 40.2 Å². The molecule has 2 rings (SSSR count). The number of benzene rings is 1. The summed E-state index contributed by atoms with van der Waals surface area (Å²) in [4.78, 5) is 26.9. The van der Waals surface area contributed by atoms with E-state index in [0.717, 1.165) is 0 Å². The number of aliphatic hydroxyl groups excluding tert-OH is 1. The number of carbonyl (C=O) groups is 1. The molecule has 0 saturated carbocycles. The first-order chi connectivity index (χ1) is 9.90. The first-order valence-corrected chi connectivity index (χ1v) is 6.69. The van der Waals surface area contributed by atoms with Crippen molar-refractivity contribution in [2.45, 2.75) is 26.9 Å². The van der Waals surface area contributed by atoms with Gasteiger partial charge in [-0.05, 0) is 38.5 Å². The zero-order valence-corrected chi connectivity index (χ0v) is 12.2. The quantitative estimate of drug-likeness (QED) is 0.809. The molecule has 0 spiro atoms. The first kappa shape index (κ1) is 15.0. The minimum Gasteiger partial charge on any atom is -0.389 e.